The number of methoxy groups -OCH3 is 1. The monoisotopic (exact) mass is 229 g/mol. The van der Waals surface area contributed by atoms with Gasteiger partial charge in [0.05, 0.1) is 18.6 Å². The second-order valence-corrected chi connectivity index (χ2v) is 5.09. The molecule has 0 aliphatic heterocycles. The standard InChI is InChI=1S/C15H19NO/c1-10-8-11(2)13(14(17-4)12(10)3)15(9-16)6-5-7-15/h8H,5-7H2,1-4H3. The van der Waals surface area contributed by atoms with Gasteiger partial charge in [0.1, 0.15) is 5.75 Å². The molecule has 0 heterocycles. The molecule has 1 aromatic rings. The summed E-state index contributed by atoms with van der Waals surface area (Å²) in [5.41, 5.74) is 4.40. The molecule has 1 saturated carbocycles. The Morgan fingerprint density at radius 2 is 1.88 bits per heavy atom. The van der Waals surface area contributed by atoms with Gasteiger partial charge in [-0.3, -0.25) is 0 Å². The van der Waals surface area contributed by atoms with Crippen LogP contribution in [-0.4, -0.2) is 7.11 Å². The minimum absolute atomic E-state index is 0.298. The summed E-state index contributed by atoms with van der Waals surface area (Å²) in [5.74, 6) is 0.920. The van der Waals surface area contributed by atoms with Gasteiger partial charge in [-0.15, -0.1) is 0 Å². The third-order valence-electron chi connectivity index (χ3n) is 4.09. The number of benzene rings is 1. The van der Waals surface area contributed by atoms with Gasteiger partial charge in [0.15, 0.2) is 0 Å². The van der Waals surface area contributed by atoms with Crippen molar-refractivity contribution in [2.45, 2.75) is 45.4 Å². The molecular weight excluding hydrogens is 210 g/mol. The van der Waals surface area contributed by atoms with E-state index < -0.39 is 0 Å². The van der Waals surface area contributed by atoms with E-state index in [9.17, 15) is 5.26 Å². The van der Waals surface area contributed by atoms with Crippen molar-refractivity contribution in [3.63, 3.8) is 0 Å². The highest BCUT2D eigenvalue weighted by molar-refractivity contribution is 5.56. The first kappa shape index (κ1) is 12.0. The SMILES string of the molecule is COc1c(C)c(C)cc(C)c1C1(C#N)CCC1. The van der Waals surface area contributed by atoms with E-state index in [2.05, 4.69) is 32.9 Å². The van der Waals surface area contributed by atoms with Gasteiger partial charge in [-0.05, 0) is 56.7 Å². The molecule has 1 aromatic carbocycles. The maximum Gasteiger partial charge on any atom is 0.127 e. The van der Waals surface area contributed by atoms with Crippen molar-refractivity contribution in [2.75, 3.05) is 7.11 Å². The number of hydrogen-bond donors (Lipinski definition) is 0. The molecule has 2 rings (SSSR count). The molecule has 1 aliphatic rings. The molecule has 2 nitrogen and oxygen atoms in total. The maximum absolute atomic E-state index is 9.49. The molecule has 0 N–H and O–H groups in total. The normalized spacial score (nSPS) is 17.1. The van der Waals surface area contributed by atoms with E-state index in [0.29, 0.717) is 0 Å². The van der Waals surface area contributed by atoms with Crippen LogP contribution in [0.2, 0.25) is 0 Å². The smallest absolute Gasteiger partial charge is 0.127 e. The van der Waals surface area contributed by atoms with Crippen LogP contribution in [0, 0.1) is 32.1 Å². The summed E-state index contributed by atoms with van der Waals surface area (Å²) in [5, 5.41) is 9.49. The van der Waals surface area contributed by atoms with Gasteiger partial charge in [0, 0.05) is 5.56 Å². The van der Waals surface area contributed by atoms with Crippen molar-refractivity contribution in [3.05, 3.63) is 28.3 Å². The lowest BCUT2D eigenvalue weighted by atomic mass is 9.63. The largest absolute Gasteiger partial charge is 0.496 e. The Morgan fingerprint density at radius 1 is 1.24 bits per heavy atom. The molecule has 1 aliphatic carbocycles. The van der Waals surface area contributed by atoms with Gasteiger partial charge in [0.25, 0.3) is 0 Å². The highest BCUT2D eigenvalue weighted by Crippen LogP contribution is 2.49. The van der Waals surface area contributed by atoms with E-state index in [1.165, 1.54) is 11.1 Å². The zero-order valence-electron chi connectivity index (χ0n) is 11.1. The van der Waals surface area contributed by atoms with E-state index in [4.69, 9.17) is 4.74 Å². The third kappa shape index (κ3) is 1.61. The van der Waals surface area contributed by atoms with Crippen LogP contribution < -0.4 is 4.74 Å². The van der Waals surface area contributed by atoms with E-state index in [1.54, 1.807) is 7.11 Å². The molecule has 0 amide bonds. The summed E-state index contributed by atoms with van der Waals surface area (Å²) < 4.78 is 5.57. The average Bonchev–Trinajstić information content (AvgIpc) is 2.24. The number of hydrogen-bond acceptors (Lipinski definition) is 2. The molecule has 0 aromatic heterocycles. The number of nitrogens with zero attached hydrogens (tertiary/aromatic N) is 1. The Kier molecular flexibility index (Phi) is 2.87. The fourth-order valence-corrected chi connectivity index (χ4v) is 2.85. The maximum atomic E-state index is 9.49. The van der Waals surface area contributed by atoms with Crippen molar-refractivity contribution in [1.82, 2.24) is 0 Å². The second-order valence-electron chi connectivity index (χ2n) is 5.09. The summed E-state index contributed by atoms with van der Waals surface area (Å²) in [6.07, 6.45) is 3.06. The van der Waals surface area contributed by atoms with E-state index in [0.717, 1.165) is 36.1 Å². The van der Waals surface area contributed by atoms with Crippen LogP contribution >= 0.6 is 0 Å². The van der Waals surface area contributed by atoms with Gasteiger partial charge in [-0.1, -0.05) is 6.07 Å². The number of rotatable bonds is 2. The fourth-order valence-electron chi connectivity index (χ4n) is 2.85. The van der Waals surface area contributed by atoms with Crippen molar-refractivity contribution >= 4 is 0 Å². The molecule has 0 spiro atoms. The van der Waals surface area contributed by atoms with Crippen molar-refractivity contribution in [1.29, 1.82) is 5.26 Å². The van der Waals surface area contributed by atoms with Crippen LogP contribution in [0.4, 0.5) is 0 Å². The van der Waals surface area contributed by atoms with Crippen molar-refractivity contribution in [2.24, 2.45) is 0 Å². The number of aryl methyl sites for hydroxylation is 2. The van der Waals surface area contributed by atoms with Crippen LogP contribution in [-0.2, 0) is 5.41 Å². The molecule has 17 heavy (non-hydrogen) atoms. The molecular formula is C15H19NO. The molecule has 0 unspecified atom stereocenters. The predicted molar refractivity (Wildman–Crippen MR) is 68.3 cm³/mol. The number of ether oxygens (including phenoxy) is 1. The summed E-state index contributed by atoms with van der Waals surface area (Å²) >= 11 is 0. The van der Waals surface area contributed by atoms with Gasteiger partial charge < -0.3 is 4.74 Å². The summed E-state index contributed by atoms with van der Waals surface area (Å²) in [6.45, 7) is 6.25. The lowest BCUT2D eigenvalue weighted by Gasteiger charge is -2.38. The van der Waals surface area contributed by atoms with E-state index in [-0.39, 0.29) is 5.41 Å². The molecule has 0 radical (unpaired) electrons. The van der Waals surface area contributed by atoms with Crippen LogP contribution in [0.15, 0.2) is 6.07 Å². The number of nitriles is 1. The minimum atomic E-state index is -0.298. The Balaban J connectivity index is 2.69. The zero-order valence-corrected chi connectivity index (χ0v) is 11.1. The highest BCUT2D eigenvalue weighted by Gasteiger charge is 2.42. The molecule has 90 valence electrons. The first-order chi connectivity index (χ1) is 8.05. The average molecular weight is 229 g/mol. The summed E-state index contributed by atoms with van der Waals surface area (Å²) in [6, 6.07) is 4.68. The van der Waals surface area contributed by atoms with Gasteiger partial charge in [-0.25, -0.2) is 0 Å². The Labute approximate surface area is 103 Å². The van der Waals surface area contributed by atoms with Crippen LogP contribution in [0.3, 0.4) is 0 Å². The molecule has 1 fully saturated rings. The fraction of sp³-hybridized carbons (Fsp3) is 0.533. The second kappa shape index (κ2) is 4.07. The van der Waals surface area contributed by atoms with Crippen LogP contribution in [0.5, 0.6) is 5.75 Å². The Hall–Kier alpha value is -1.49. The lowest BCUT2D eigenvalue weighted by Crippen LogP contribution is -2.34. The van der Waals surface area contributed by atoms with Crippen molar-refractivity contribution in [3.8, 4) is 11.8 Å². The van der Waals surface area contributed by atoms with E-state index >= 15 is 0 Å². The zero-order chi connectivity index (χ0) is 12.6. The Bertz CT molecular complexity index is 493. The van der Waals surface area contributed by atoms with Crippen molar-refractivity contribution < 1.29 is 4.74 Å². The summed E-state index contributed by atoms with van der Waals surface area (Å²) in [7, 11) is 1.70. The van der Waals surface area contributed by atoms with Crippen LogP contribution in [0.1, 0.15) is 41.5 Å². The predicted octanol–water partition coefficient (Wildman–Crippen LogP) is 3.57. The first-order valence-corrected chi connectivity index (χ1v) is 6.12. The van der Waals surface area contributed by atoms with Crippen LogP contribution in [0.25, 0.3) is 0 Å². The van der Waals surface area contributed by atoms with E-state index in [1.807, 2.05) is 0 Å². The molecule has 2 heteroatoms. The lowest BCUT2D eigenvalue weighted by molar-refractivity contribution is 0.304. The van der Waals surface area contributed by atoms with Gasteiger partial charge in [-0.2, -0.15) is 5.26 Å². The molecule has 0 saturated heterocycles. The highest BCUT2D eigenvalue weighted by atomic mass is 16.5. The first-order valence-electron chi connectivity index (χ1n) is 6.12. The quantitative estimate of drug-likeness (QED) is 0.776. The minimum Gasteiger partial charge on any atom is -0.496 e. The summed E-state index contributed by atoms with van der Waals surface area (Å²) in [4.78, 5) is 0. The third-order valence-corrected chi connectivity index (χ3v) is 4.09. The molecule has 0 atom stereocenters. The molecule has 0 bridgehead atoms. The van der Waals surface area contributed by atoms with Gasteiger partial charge >= 0.3 is 0 Å². The van der Waals surface area contributed by atoms with Gasteiger partial charge in [0.2, 0.25) is 0 Å². The Morgan fingerprint density at radius 3 is 2.29 bits per heavy atom. The topological polar surface area (TPSA) is 33.0 Å².